The fourth-order valence-electron chi connectivity index (χ4n) is 4.27. The van der Waals surface area contributed by atoms with Crippen molar-refractivity contribution in [1.82, 2.24) is 14.3 Å². The van der Waals surface area contributed by atoms with Gasteiger partial charge in [0.05, 0.1) is 18.8 Å². The molecule has 4 rings (SSSR count). The molecule has 5 heteroatoms. The van der Waals surface area contributed by atoms with Crippen molar-refractivity contribution in [3.05, 3.63) is 64.4 Å². The summed E-state index contributed by atoms with van der Waals surface area (Å²) >= 11 is 5.96. The van der Waals surface area contributed by atoms with Crippen LogP contribution in [-0.4, -0.2) is 27.4 Å². The van der Waals surface area contributed by atoms with E-state index in [4.69, 9.17) is 17.3 Å². The number of rotatable bonds is 4. The van der Waals surface area contributed by atoms with E-state index in [9.17, 15) is 0 Å². The number of aromatic nitrogens is 3. The summed E-state index contributed by atoms with van der Waals surface area (Å²) in [6, 6.07) is 17.2. The van der Waals surface area contributed by atoms with E-state index in [1.54, 1.807) is 4.90 Å². The predicted molar refractivity (Wildman–Crippen MR) is 126 cm³/mol. The van der Waals surface area contributed by atoms with Gasteiger partial charge in [0, 0.05) is 5.56 Å². The van der Waals surface area contributed by atoms with Gasteiger partial charge in [-0.05, 0) is 61.0 Å². The molecule has 0 radical (unpaired) electrons. The van der Waals surface area contributed by atoms with Crippen LogP contribution in [0.25, 0.3) is 17.1 Å². The average Bonchev–Trinajstić information content (AvgIpc) is 3.05. The Labute approximate surface area is 185 Å². The molecule has 0 spiro atoms. The highest BCUT2D eigenvalue weighted by Gasteiger charge is 2.21. The first kappa shape index (κ1) is 21.0. The topological polar surface area (TPSA) is 27.2 Å². The number of piperidine rings is 1. The summed E-state index contributed by atoms with van der Waals surface area (Å²) in [5.41, 5.74) is 4.86. The van der Waals surface area contributed by atoms with Crippen LogP contribution in [0.15, 0.2) is 48.5 Å². The van der Waals surface area contributed by atoms with E-state index in [-0.39, 0.29) is 5.41 Å². The molecule has 1 aliphatic heterocycles. The van der Waals surface area contributed by atoms with Crippen LogP contribution in [0.2, 0.25) is 0 Å². The van der Waals surface area contributed by atoms with Crippen molar-refractivity contribution >= 4 is 12.2 Å². The quantitative estimate of drug-likeness (QED) is 0.618. The fourth-order valence-corrected chi connectivity index (χ4v) is 4.56. The minimum atomic E-state index is 0.130. The lowest BCUT2D eigenvalue weighted by molar-refractivity contribution is -0.928. The first-order chi connectivity index (χ1) is 14.3. The Morgan fingerprint density at radius 1 is 0.967 bits per heavy atom. The van der Waals surface area contributed by atoms with Crippen LogP contribution in [0, 0.1) is 11.7 Å². The van der Waals surface area contributed by atoms with Gasteiger partial charge in [0.15, 0.2) is 12.5 Å². The van der Waals surface area contributed by atoms with E-state index in [1.807, 2.05) is 4.68 Å². The number of benzene rings is 2. The number of hydrogen-bond donors (Lipinski definition) is 1. The molecule has 1 N–H and O–H groups in total. The van der Waals surface area contributed by atoms with Gasteiger partial charge in [-0.3, -0.25) is 4.57 Å². The van der Waals surface area contributed by atoms with Gasteiger partial charge >= 0.3 is 0 Å². The van der Waals surface area contributed by atoms with Crippen molar-refractivity contribution in [2.75, 3.05) is 13.1 Å². The monoisotopic (exact) mass is 421 g/mol. The molecule has 0 unspecified atom stereocenters. The summed E-state index contributed by atoms with van der Waals surface area (Å²) in [6.45, 7) is 12.1. The van der Waals surface area contributed by atoms with Crippen molar-refractivity contribution in [3.8, 4) is 17.1 Å². The number of nitrogens with zero attached hydrogens (tertiary/aromatic N) is 3. The largest absolute Gasteiger partial charge is 0.316 e. The highest BCUT2D eigenvalue weighted by molar-refractivity contribution is 7.71. The molecule has 1 aromatic heterocycles. The van der Waals surface area contributed by atoms with E-state index in [0.29, 0.717) is 0 Å². The van der Waals surface area contributed by atoms with Crippen LogP contribution in [-0.2, 0) is 12.1 Å². The van der Waals surface area contributed by atoms with Crippen LogP contribution in [0.3, 0.4) is 0 Å². The number of quaternary nitrogens is 1. The number of para-hydroxylation sites is 1. The standard InChI is InChI=1S/C25H32N4S/c1-19-10-6-7-11-22(19)29-23(20-12-14-21(15-13-20)25(2,3)4)26-28(24(29)30)18-27-16-8-5-9-17-27/h6-7,10-15H,5,8-9,16-18H2,1-4H3/p+1. The first-order valence-corrected chi connectivity index (χ1v) is 11.5. The lowest BCUT2D eigenvalue weighted by Crippen LogP contribution is -3.12. The third kappa shape index (κ3) is 4.28. The summed E-state index contributed by atoms with van der Waals surface area (Å²) < 4.78 is 4.97. The SMILES string of the molecule is Cc1ccccc1-n1c(-c2ccc(C(C)(C)C)cc2)nn(C[NH+]2CCCCC2)c1=S. The van der Waals surface area contributed by atoms with Gasteiger partial charge in [0.25, 0.3) is 0 Å². The van der Waals surface area contributed by atoms with Crippen LogP contribution < -0.4 is 4.90 Å². The van der Waals surface area contributed by atoms with E-state index in [0.717, 1.165) is 28.5 Å². The smallest absolute Gasteiger partial charge is 0.207 e. The van der Waals surface area contributed by atoms with E-state index >= 15 is 0 Å². The highest BCUT2D eigenvalue weighted by atomic mass is 32.1. The summed E-state index contributed by atoms with van der Waals surface area (Å²) in [5.74, 6) is 0.922. The molecule has 0 amide bonds. The molecule has 0 atom stereocenters. The van der Waals surface area contributed by atoms with Crippen LogP contribution in [0.5, 0.6) is 0 Å². The van der Waals surface area contributed by atoms with Gasteiger partial charge in [0.2, 0.25) is 4.77 Å². The van der Waals surface area contributed by atoms with Gasteiger partial charge in [-0.2, -0.15) is 4.68 Å². The second kappa shape index (κ2) is 8.48. The third-order valence-corrected chi connectivity index (χ3v) is 6.53. The maximum Gasteiger partial charge on any atom is 0.207 e. The van der Waals surface area contributed by atoms with Crippen molar-refractivity contribution in [2.24, 2.45) is 0 Å². The van der Waals surface area contributed by atoms with Crippen LogP contribution in [0.4, 0.5) is 0 Å². The predicted octanol–water partition coefficient (Wildman–Crippen LogP) is 4.70. The molecule has 1 aliphatic rings. The minimum Gasteiger partial charge on any atom is -0.316 e. The van der Waals surface area contributed by atoms with Crippen LogP contribution >= 0.6 is 12.2 Å². The number of hydrogen-bond acceptors (Lipinski definition) is 2. The van der Waals surface area contributed by atoms with Gasteiger partial charge in [-0.1, -0.05) is 63.2 Å². The van der Waals surface area contributed by atoms with E-state index in [2.05, 4.69) is 80.8 Å². The summed E-state index contributed by atoms with van der Waals surface area (Å²) in [7, 11) is 0. The molecule has 1 fully saturated rings. The third-order valence-electron chi connectivity index (χ3n) is 6.14. The molecule has 30 heavy (non-hydrogen) atoms. The fraction of sp³-hybridized carbons (Fsp3) is 0.440. The van der Waals surface area contributed by atoms with Gasteiger partial charge in [-0.15, -0.1) is 5.10 Å². The molecule has 0 bridgehead atoms. The molecule has 158 valence electrons. The van der Waals surface area contributed by atoms with E-state index in [1.165, 1.54) is 43.5 Å². The minimum absolute atomic E-state index is 0.130. The maximum absolute atomic E-state index is 5.96. The molecule has 2 heterocycles. The molecule has 3 aromatic rings. The summed E-state index contributed by atoms with van der Waals surface area (Å²) in [6.07, 6.45) is 3.93. The molecule has 1 saturated heterocycles. The second-order valence-corrected chi connectivity index (χ2v) is 9.89. The van der Waals surface area contributed by atoms with Crippen molar-refractivity contribution in [2.45, 2.75) is 59.0 Å². The number of nitrogens with one attached hydrogen (secondary N) is 1. The van der Waals surface area contributed by atoms with Gasteiger partial charge < -0.3 is 4.90 Å². The zero-order valence-corrected chi connectivity index (χ0v) is 19.4. The Morgan fingerprint density at radius 3 is 2.27 bits per heavy atom. The lowest BCUT2D eigenvalue weighted by Gasteiger charge is -2.22. The number of aryl methyl sites for hydroxylation is 1. The Balaban J connectivity index is 1.81. The normalized spacial score (nSPS) is 15.5. The van der Waals surface area contributed by atoms with Gasteiger partial charge in [0.1, 0.15) is 0 Å². The summed E-state index contributed by atoms with van der Waals surface area (Å²) in [4.78, 5) is 1.57. The van der Waals surface area contributed by atoms with Crippen molar-refractivity contribution in [3.63, 3.8) is 0 Å². The zero-order chi connectivity index (χ0) is 21.3. The first-order valence-electron chi connectivity index (χ1n) is 11.0. The van der Waals surface area contributed by atoms with Crippen LogP contribution in [0.1, 0.15) is 51.2 Å². The van der Waals surface area contributed by atoms with Crippen molar-refractivity contribution < 1.29 is 4.90 Å². The average molecular weight is 422 g/mol. The molecule has 0 saturated carbocycles. The summed E-state index contributed by atoms with van der Waals surface area (Å²) in [5, 5.41) is 5.04. The highest BCUT2D eigenvalue weighted by Crippen LogP contribution is 2.28. The molecular formula is C25H33N4S+. The van der Waals surface area contributed by atoms with E-state index < -0.39 is 0 Å². The molecule has 0 aliphatic carbocycles. The van der Waals surface area contributed by atoms with Gasteiger partial charge in [-0.25, -0.2) is 0 Å². The molecule has 2 aromatic carbocycles. The Bertz CT molecular complexity index is 1060. The Hall–Kier alpha value is -2.24. The van der Waals surface area contributed by atoms with Crippen molar-refractivity contribution in [1.29, 1.82) is 0 Å². The lowest BCUT2D eigenvalue weighted by atomic mass is 9.87. The molecule has 4 nitrogen and oxygen atoms in total. The zero-order valence-electron chi connectivity index (χ0n) is 18.6. The Morgan fingerprint density at radius 2 is 1.63 bits per heavy atom. The Kier molecular flexibility index (Phi) is 5.94. The number of likely N-dealkylation sites (tertiary alicyclic amines) is 1. The molecular weight excluding hydrogens is 388 g/mol. The second-order valence-electron chi connectivity index (χ2n) is 9.52. The maximum atomic E-state index is 5.96.